The largest absolute Gasteiger partial charge is 0.351 e. The van der Waals surface area contributed by atoms with Crippen LogP contribution in [0.15, 0.2) is 72.1 Å². The summed E-state index contributed by atoms with van der Waals surface area (Å²) in [7, 11) is -3.86. The molecule has 7 heteroatoms. The van der Waals surface area contributed by atoms with Gasteiger partial charge in [0.2, 0.25) is 15.9 Å². The molecule has 0 saturated heterocycles. The highest BCUT2D eigenvalue weighted by atomic mass is 35.5. The van der Waals surface area contributed by atoms with Gasteiger partial charge in [-0.1, -0.05) is 48.0 Å². The molecule has 0 radical (unpaired) electrons. The van der Waals surface area contributed by atoms with E-state index in [0.717, 1.165) is 5.56 Å². The van der Waals surface area contributed by atoms with Crippen LogP contribution in [-0.2, 0) is 21.2 Å². The van der Waals surface area contributed by atoms with Crippen molar-refractivity contribution in [3.8, 4) is 0 Å². The molecule has 5 nitrogen and oxygen atoms in total. The molecular weight excluding hydrogens is 360 g/mol. The summed E-state index contributed by atoms with van der Waals surface area (Å²) in [6, 6.07) is 14.0. The first kappa shape index (κ1) is 19.2. The maximum atomic E-state index is 12.6. The number of carbonyl (C=O) groups excluding carboxylic acids is 1. The van der Waals surface area contributed by atoms with E-state index < -0.39 is 22.0 Å². The van der Waals surface area contributed by atoms with E-state index >= 15 is 0 Å². The molecule has 2 aromatic rings. The number of nitrogens with one attached hydrogen (secondary N) is 2. The van der Waals surface area contributed by atoms with Crippen LogP contribution in [0.25, 0.3) is 0 Å². The Labute approximate surface area is 152 Å². The first-order valence-corrected chi connectivity index (χ1v) is 9.49. The van der Waals surface area contributed by atoms with Gasteiger partial charge in [0.1, 0.15) is 6.04 Å². The Morgan fingerprint density at radius 3 is 2.36 bits per heavy atom. The van der Waals surface area contributed by atoms with E-state index in [9.17, 15) is 13.2 Å². The fraction of sp³-hybridized carbons (Fsp3) is 0.167. The number of rotatable bonds is 8. The molecule has 0 unspecified atom stereocenters. The molecule has 0 bridgehead atoms. The quantitative estimate of drug-likeness (QED) is 0.693. The lowest BCUT2D eigenvalue weighted by Crippen LogP contribution is -2.47. The molecule has 0 aliphatic carbocycles. The molecule has 0 saturated carbocycles. The summed E-state index contributed by atoms with van der Waals surface area (Å²) in [5, 5.41) is 3.06. The first-order valence-electron chi connectivity index (χ1n) is 7.63. The minimum Gasteiger partial charge on any atom is -0.351 e. The van der Waals surface area contributed by atoms with E-state index in [4.69, 9.17) is 11.6 Å². The standard InChI is InChI=1S/C18H19ClN2O3S/c1-2-12-20-18(22)17(13-14-6-4-3-5-7-14)21-25(23,24)16-10-8-15(19)9-11-16/h2-11,17,21H,1,12-13H2,(H,20,22)/t17-/m1/s1. The monoisotopic (exact) mass is 378 g/mol. The molecule has 0 spiro atoms. The lowest BCUT2D eigenvalue weighted by molar-refractivity contribution is -0.122. The average molecular weight is 379 g/mol. The van der Waals surface area contributed by atoms with Gasteiger partial charge < -0.3 is 5.32 Å². The third-order valence-corrected chi connectivity index (χ3v) is 5.18. The van der Waals surface area contributed by atoms with E-state index in [1.54, 1.807) is 0 Å². The van der Waals surface area contributed by atoms with Gasteiger partial charge in [0.15, 0.2) is 0 Å². The normalized spacial score (nSPS) is 12.4. The molecule has 0 aliphatic rings. The minimum absolute atomic E-state index is 0.0477. The highest BCUT2D eigenvalue weighted by Crippen LogP contribution is 2.15. The number of hydrogen-bond donors (Lipinski definition) is 2. The summed E-state index contributed by atoms with van der Waals surface area (Å²) in [5.74, 6) is -0.415. The zero-order chi connectivity index (χ0) is 18.3. The summed E-state index contributed by atoms with van der Waals surface area (Å²) in [6.07, 6.45) is 1.77. The van der Waals surface area contributed by atoms with Crippen molar-refractivity contribution in [2.24, 2.45) is 0 Å². The van der Waals surface area contributed by atoms with Gasteiger partial charge in [-0.05, 0) is 36.2 Å². The Bertz CT molecular complexity index is 821. The number of halogens is 1. The lowest BCUT2D eigenvalue weighted by Gasteiger charge is -2.18. The highest BCUT2D eigenvalue weighted by molar-refractivity contribution is 7.89. The van der Waals surface area contributed by atoms with Crippen LogP contribution in [-0.4, -0.2) is 26.9 Å². The van der Waals surface area contributed by atoms with Crippen molar-refractivity contribution in [2.75, 3.05) is 6.54 Å². The van der Waals surface area contributed by atoms with Crippen molar-refractivity contribution in [3.05, 3.63) is 77.8 Å². The van der Waals surface area contributed by atoms with Crippen molar-refractivity contribution in [1.29, 1.82) is 0 Å². The second-order valence-corrected chi connectivity index (χ2v) is 7.50. The van der Waals surface area contributed by atoms with Gasteiger partial charge in [-0.3, -0.25) is 4.79 Å². The molecule has 0 aromatic heterocycles. The van der Waals surface area contributed by atoms with Crippen LogP contribution >= 0.6 is 11.6 Å². The smallest absolute Gasteiger partial charge is 0.241 e. The van der Waals surface area contributed by atoms with Crippen LogP contribution in [0, 0.1) is 0 Å². The highest BCUT2D eigenvalue weighted by Gasteiger charge is 2.25. The number of carbonyl (C=O) groups is 1. The third-order valence-electron chi connectivity index (χ3n) is 3.44. The Morgan fingerprint density at radius 2 is 1.76 bits per heavy atom. The number of sulfonamides is 1. The van der Waals surface area contributed by atoms with Crippen molar-refractivity contribution >= 4 is 27.5 Å². The molecule has 0 aliphatic heterocycles. The van der Waals surface area contributed by atoms with Crippen LogP contribution < -0.4 is 10.0 Å². The minimum atomic E-state index is -3.86. The van der Waals surface area contributed by atoms with Gasteiger partial charge in [-0.25, -0.2) is 8.42 Å². The molecular formula is C18H19ClN2O3S. The molecule has 1 atom stereocenters. The first-order chi connectivity index (χ1) is 11.9. The fourth-order valence-corrected chi connectivity index (χ4v) is 3.52. The molecule has 0 fully saturated rings. The van der Waals surface area contributed by atoms with E-state index in [-0.39, 0.29) is 17.9 Å². The van der Waals surface area contributed by atoms with Gasteiger partial charge >= 0.3 is 0 Å². The molecule has 25 heavy (non-hydrogen) atoms. The molecule has 2 N–H and O–H groups in total. The lowest BCUT2D eigenvalue weighted by atomic mass is 10.1. The topological polar surface area (TPSA) is 75.3 Å². The summed E-state index contributed by atoms with van der Waals surface area (Å²) < 4.78 is 27.6. The predicted molar refractivity (Wildman–Crippen MR) is 98.9 cm³/mol. The van der Waals surface area contributed by atoms with Crippen molar-refractivity contribution in [2.45, 2.75) is 17.4 Å². The molecule has 132 valence electrons. The van der Waals surface area contributed by atoms with Crippen molar-refractivity contribution < 1.29 is 13.2 Å². The van der Waals surface area contributed by atoms with E-state index in [0.29, 0.717) is 5.02 Å². The average Bonchev–Trinajstić information content (AvgIpc) is 2.60. The van der Waals surface area contributed by atoms with Gasteiger partial charge in [-0.15, -0.1) is 6.58 Å². The molecule has 1 amide bonds. The van der Waals surface area contributed by atoms with E-state index in [2.05, 4.69) is 16.6 Å². The maximum absolute atomic E-state index is 12.6. The van der Waals surface area contributed by atoms with Crippen LogP contribution in [0.5, 0.6) is 0 Å². The molecule has 2 aromatic carbocycles. The van der Waals surface area contributed by atoms with Crippen LogP contribution in [0.1, 0.15) is 5.56 Å². The Balaban J connectivity index is 2.23. The van der Waals surface area contributed by atoms with Crippen molar-refractivity contribution in [1.82, 2.24) is 10.0 Å². The SMILES string of the molecule is C=CCNC(=O)[C@@H](Cc1ccccc1)NS(=O)(=O)c1ccc(Cl)cc1. The van der Waals surface area contributed by atoms with Crippen LogP contribution in [0.4, 0.5) is 0 Å². The summed E-state index contributed by atoms with van der Waals surface area (Å²) in [4.78, 5) is 12.4. The Hall–Kier alpha value is -2.15. The molecule has 2 rings (SSSR count). The zero-order valence-electron chi connectivity index (χ0n) is 13.5. The van der Waals surface area contributed by atoms with Crippen molar-refractivity contribution in [3.63, 3.8) is 0 Å². The fourth-order valence-electron chi connectivity index (χ4n) is 2.20. The second-order valence-electron chi connectivity index (χ2n) is 5.35. The number of benzene rings is 2. The number of hydrogen-bond acceptors (Lipinski definition) is 3. The van der Waals surface area contributed by atoms with Gasteiger partial charge in [0.25, 0.3) is 0 Å². The van der Waals surface area contributed by atoms with Gasteiger partial charge in [-0.2, -0.15) is 4.72 Å². The Kier molecular flexibility index (Phi) is 6.75. The summed E-state index contributed by atoms with van der Waals surface area (Å²) in [6.45, 7) is 3.80. The zero-order valence-corrected chi connectivity index (χ0v) is 15.1. The van der Waals surface area contributed by atoms with Gasteiger partial charge in [0, 0.05) is 11.6 Å². The van der Waals surface area contributed by atoms with Crippen LogP contribution in [0.3, 0.4) is 0 Å². The molecule has 0 heterocycles. The van der Waals surface area contributed by atoms with E-state index in [1.807, 2.05) is 30.3 Å². The van der Waals surface area contributed by atoms with Crippen LogP contribution in [0.2, 0.25) is 5.02 Å². The van der Waals surface area contributed by atoms with Gasteiger partial charge in [0.05, 0.1) is 4.90 Å². The maximum Gasteiger partial charge on any atom is 0.241 e. The van der Waals surface area contributed by atoms with E-state index in [1.165, 1.54) is 30.3 Å². The number of amides is 1. The third kappa shape index (κ3) is 5.70. The second kappa shape index (κ2) is 8.80. The predicted octanol–water partition coefficient (Wildman–Crippen LogP) is 2.53. The summed E-state index contributed by atoms with van der Waals surface area (Å²) >= 11 is 5.79. The Morgan fingerprint density at radius 1 is 1.12 bits per heavy atom. The summed E-state index contributed by atoms with van der Waals surface area (Å²) in [5.41, 5.74) is 0.847.